The number of aliphatic hydroxyl groups is 1. The first kappa shape index (κ1) is 19.7. The van der Waals surface area contributed by atoms with E-state index < -0.39 is 39.9 Å². The van der Waals surface area contributed by atoms with Crippen LogP contribution in [0.25, 0.3) is 0 Å². The number of hydrogen-bond donors (Lipinski definition) is 2. The highest BCUT2D eigenvalue weighted by Crippen LogP contribution is 2.46. The molecule has 1 heterocycles. The molecule has 0 bridgehead atoms. The SMILES string of the molecule is CC(CC(O)(C(F)(F)F)C(F)(F)F)OC(=O)C(C)(I)C1CN1. The number of hydrogen-bond acceptors (Lipinski definition) is 4. The van der Waals surface area contributed by atoms with Gasteiger partial charge in [0, 0.05) is 19.0 Å². The van der Waals surface area contributed by atoms with Crippen molar-refractivity contribution in [2.45, 2.75) is 53.8 Å². The summed E-state index contributed by atoms with van der Waals surface area (Å²) in [5.74, 6) is -0.942. The summed E-state index contributed by atoms with van der Waals surface area (Å²) < 4.78 is 78.8. The average Bonchev–Trinajstić information content (AvgIpc) is 3.08. The van der Waals surface area contributed by atoms with Crippen molar-refractivity contribution in [2.75, 3.05) is 6.54 Å². The summed E-state index contributed by atoms with van der Waals surface area (Å²) in [4.78, 5) is 11.8. The molecular weight excluding hydrogens is 435 g/mol. The van der Waals surface area contributed by atoms with Crippen molar-refractivity contribution in [2.24, 2.45) is 0 Å². The van der Waals surface area contributed by atoms with Crippen LogP contribution in [0.5, 0.6) is 0 Å². The van der Waals surface area contributed by atoms with Crippen molar-refractivity contribution in [3.05, 3.63) is 0 Å². The lowest BCUT2D eigenvalue weighted by atomic mass is 9.95. The van der Waals surface area contributed by atoms with Gasteiger partial charge in [0.1, 0.15) is 9.53 Å². The Kier molecular flexibility index (Phi) is 5.35. The molecule has 0 saturated carbocycles. The van der Waals surface area contributed by atoms with E-state index in [9.17, 15) is 31.1 Å². The summed E-state index contributed by atoms with van der Waals surface area (Å²) in [5.41, 5.74) is -4.93. The highest BCUT2D eigenvalue weighted by molar-refractivity contribution is 14.1. The number of esters is 1. The summed E-state index contributed by atoms with van der Waals surface area (Å²) in [6, 6.07) is -0.253. The summed E-state index contributed by atoms with van der Waals surface area (Å²) >= 11 is 1.71. The lowest BCUT2D eigenvalue weighted by Gasteiger charge is -2.34. The Morgan fingerprint density at radius 2 is 1.73 bits per heavy atom. The van der Waals surface area contributed by atoms with E-state index in [-0.39, 0.29) is 6.04 Å². The van der Waals surface area contributed by atoms with Crippen molar-refractivity contribution in [1.82, 2.24) is 5.32 Å². The van der Waals surface area contributed by atoms with E-state index in [1.165, 1.54) is 6.92 Å². The number of rotatable bonds is 5. The molecule has 1 aliphatic heterocycles. The van der Waals surface area contributed by atoms with E-state index in [0.717, 1.165) is 6.92 Å². The van der Waals surface area contributed by atoms with E-state index in [2.05, 4.69) is 10.1 Å². The van der Waals surface area contributed by atoms with E-state index in [4.69, 9.17) is 5.11 Å². The summed E-state index contributed by atoms with van der Waals surface area (Å²) in [6.07, 6.45) is -15.5. The standard InChI is InChI=1S/C11H14F6INO3/c1-5(22-7(20)8(2,18)6-4-19-6)3-9(21,10(12,13)14)11(15,16)17/h5-6,19,21H,3-4H2,1-2H3. The fourth-order valence-electron chi connectivity index (χ4n) is 1.73. The number of carbonyl (C=O) groups excluding carboxylic acids is 1. The molecule has 11 heteroatoms. The predicted octanol–water partition coefficient (Wildman–Crippen LogP) is 2.33. The minimum Gasteiger partial charge on any atom is -0.462 e. The van der Waals surface area contributed by atoms with Crippen molar-refractivity contribution >= 4 is 28.6 Å². The van der Waals surface area contributed by atoms with Crippen LogP contribution in [0.4, 0.5) is 26.3 Å². The van der Waals surface area contributed by atoms with Gasteiger partial charge in [0.15, 0.2) is 0 Å². The van der Waals surface area contributed by atoms with Crippen LogP contribution in [0.3, 0.4) is 0 Å². The van der Waals surface area contributed by atoms with Gasteiger partial charge in [-0.1, -0.05) is 22.6 Å². The molecule has 0 aliphatic carbocycles. The van der Waals surface area contributed by atoms with Gasteiger partial charge in [-0.2, -0.15) is 26.3 Å². The van der Waals surface area contributed by atoms with E-state index >= 15 is 0 Å². The van der Waals surface area contributed by atoms with Gasteiger partial charge in [0.25, 0.3) is 5.60 Å². The third-order valence-electron chi connectivity index (χ3n) is 3.29. The Morgan fingerprint density at radius 1 is 1.32 bits per heavy atom. The third-order valence-corrected chi connectivity index (χ3v) is 4.48. The molecular formula is C11H14F6INO3. The van der Waals surface area contributed by atoms with Crippen LogP contribution in [0.1, 0.15) is 20.3 Å². The van der Waals surface area contributed by atoms with Crippen LogP contribution in [0.2, 0.25) is 0 Å². The van der Waals surface area contributed by atoms with Crippen molar-refractivity contribution in [1.29, 1.82) is 0 Å². The van der Waals surface area contributed by atoms with E-state index in [1.54, 1.807) is 22.6 Å². The smallest absolute Gasteiger partial charge is 0.426 e. The molecule has 0 aromatic carbocycles. The number of halogens is 7. The molecule has 1 saturated heterocycles. The average molecular weight is 449 g/mol. The Bertz CT molecular complexity index is 419. The van der Waals surface area contributed by atoms with Crippen molar-refractivity contribution in [3.8, 4) is 0 Å². The van der Waals surface area contributed by atoms with E-state index in [0.29, 0.717) is 6.54 Å². The molecule has 0 amide bonds. The fourth-order valence-corrected chi connectivity index (χ4v) is 2.30. The fraction of sp³-hybridized carbons (Fsp3) is 0.909. The van der Waals surface area contributed by atoms with Gasteiger partial charge in [0.05, 0.1) is 0 Å². The highest BCUT2D eigenvalue weighted by atomic mass is 127. The minimum atomic E-state index is -5.93. The van der Waals surface area contributed by atoms with Crippen LogP contribution in [-0.4, -0.2) is 51.1 Å². The molecule has 3 unspecified atom stereocenters. The Hall–Kier alpha value is -0.300. The summed E-state index contributed by atoms with van der Waals surface area (Å²) in [5, 5.41) is 11.8. The van der Waals surface area contributed by atoms with Crippen LogP contribution in [-0.2, 0) is 9.53 Å². The molecule has 0 aromatic rings. The lowest BCUT2D eigenvalue weighted by Crippen LogP contribution is -2.58. The van der Waals surface area contributed by atoms with Crippen LogP contribution < -0.4 is 5.32 Å². The quantitative estimate of drug-likeness (QED) is 0.223. The first-order chi connectivity index (χ1) is 9.63. The first-order valence-electron chi connectivity index (χ1n) is 6.12. The number of ether oxygens (including phenoxy) is 1. The first-order valence-corrected chi connectivity index (χ1v) is 7.20. The molecule has 1 fully saturated rings. The van der Waals surface area contributed by atoms with Gasteiger partial charge in [-0.05, 0) is 13.8 Å². The van der Waals surface area contributed by atoms with Gasteiger partial charge < -0.3 is 15.2 Å². The van der Waals surface area contributed by atoms with Gasteiger partial charge >= 0.3 is 18.3 Å². The maximum atomic E-state index is 12.5. The second-order valence-corrected chi connectivity index (χ2v) is 7.55. The number of carbonyl (C=O) groups is 1. The summed E-state index contributed by atoms with van der Waals surface area (Å²) in [6.45, 7) is 2.82. The monoisotopic (exact) mass is 449 g/mol. The van der Waals surface area contributed by atoms with Crippen molar-refractivity contribution < 1.29 is 41.0 Å². The molecule has 0 radical (unpaired) electrons. The highest BCUT2D eigenvalue weighted by Gasteiger charge is 2.70. The Balaban J connectivity index is 2.81. The van der Waals surface area contributed by atoms with Crippen LogP contribution in [0, 0.1) is 0 Å². The van der Waals surface area contributed by atoms with Crippen molar-refractivity contribution in [3.63, 3.8) is 0 Å². The normalized spacial score (nSPS) is 23.6. The molecule has 130 valence electrons. The second-order valence-electron chi connectivity index (χ2n) is 5.31. The van der Waals surface area contributed by atoms with Crippen LogP contribution in [0.15, 0.2) is 0 Å². The minimum absolute atomic E-state index is 0.253. The zero-order valence-corrected chi connectivity index (χ0v) is 13.6. The van der Waals surface area contributed by atoms with Crippen LogP contribution >= 0.6 is 22.6 Å². The lowest BCUT2D eigenvalue weighted by molar-refractivity contribution is -0.373. The molecule has 4 nitrogen and oxygen atoms in total. The molecule has 1 rings (SSSR count). The third kappa shape index (κ3) is 3.96. The topological polar surface area (TPSA) is 68.5 Å². The summed E-state index contributed by atoms with van der Waals surface area (Å²) in [7, 11) is 0. The largest absolute Gasteiger partial charge is 0.462 e. The van der Waals surface area contributed by atoms with Gasteiger partial charge in [0.2, 0.25) is 0 Å². The Labute approximate surface area is 135 Å². The zero-order valence-electron chi connectivity index (χ0n) is 11.5. The molecule has 22 heavy (non-hydrogen) atoms. The van der Waals surface area contributed by atoms with E-state index in [1.807, 2.05) is 0 Å². The molecule has 3 atom stereocenters. The number of nitrogens with one attached hydrogen (secondary N) is 1. The predicted molar refractivity (Wildman–Crippen MR) is 71.4 cm³/mol. The maximum absolute atomic E-state index is 12.5. The maximum Gasteiger partial charge on any atom is 0.426 e. The van der Waals surface area contributed by atoms with Gasteiger partial charge in [-0.15, -0.1) is 0 Å². The number of alkyl halides is 7. The molecule has 2 N–H and O–H groups in total. The zero-order chi connectivity index (χ0) is 17.6. The molecule has 0 spiro atoms. The van der Waals surface area contributed by atoms with Gasteiger partial charge in [-0.25, -0.2) is 0 Å². The molecule has 1 aliphatic rings. The second kappa shape index (κ2) is 5.96. The molecule has 0 aromatic heterocycles. The Morgan fingerprint density at radius 3 is 2.05 bits per heavy atom. The van der Waals surface area contributed by atoms with Gasteiger partial charge in [-0.3, -0.25) is 4.79 Å².